The van der Waals surface area contributed by atoms with E-state index in [2.05, 4.69) is 4.98 Å². The molecule has 24 heavy (non-hydrogen) atoms. The molecule has 0 radical (unpaired) electrons. The molecule has 1 aromatic heterocycles. The zero-order valence-corrected chi connectivity index (χ0v) is 14.2. The number of hydrogen-bond donors (Lipinski definition) is 0. The smallest absolute Gasteiger partial charge is 0.226 e. The van der Waals surface area contributed by atoms with Crippen LogP contribution >= 0.6 is 0 Å². The maximum Gasteiger partial charge on any atom is 0.226 e. The molecule has 6 heteroatoms. The monoisotopic (exact) mass is 328 g/mol. The summed E-state index contributed by atoms with van der Waals surface area (Å²) in [5, 5.41) is 0. The van der Waals surface area contributed by atoms with Crippen LogP contribution in [0.1, 0.15) is 62.2 Å². The number of likely N-dealkylation sites (tertiary alicyclic amines) is 1. The minimum absolute atomic E-state index is 0.0363. The van der Waals surface area contributed by atoms with E-state index in [1.54, 1.807) is 6.92 Å². The van der Waals surface area contributed by atoms with Gasteiger partial charge in [-0.25, -0.2) is 9.97 Å². The third-order valence-electron chi connectivity index (χ3n) is 5.69. The fraction of sp³-hybridized carbons (Fsp3) is 0.667. The van der Waals surface area contributed by atoms with Crippen LogP contribution in [0, 0.1) is 5.92 Å². The summed E-state index contributed by atoms with van der Waals surface area (Å²) in [5.41, 5.74) is 2.08. The number of carbonyl (C=O) groups excluding carboxylic acids is 2. The summed E-state index contributed by atoms with van der Waals surface area (Å²) in [6, 6.07) is 0.0363. The number of aromatic nitrogens is 2. The van der Waals surface area contributed by atoms with Gasteiger partial charge >= 0.3 is 0 Å². The third-order valence-corrected chi connectivity index (χ3v) is 5.69. The third kappa shape index (κ3) is 2.68. The average Bonchev–Trinajstić information content (AvgIpc) is 3.01. The van der Waals surface area contributed by atoms with Gasteiger partial charge in [0.1, 0.15) is 0 Å². The first-order chi connectivity index (χ1) is 11.6. The summed E-state index contributed by atoms with van der Waals surface area (Å²) < 4.78 is 0. The van der Waals surface area contributed by atoms with E-state index in [-0.39, 0.29) is 17.9 Å². The van der Waals surface area contributed by atoms with Gasteiger partial charge in [0.2, 0.25) is 11.8 Å². The summed E-state index contributed by atoms with van der Waals surface area (Å²) in [5.74, 6) is 1.41. The zero-order valence-electron chi connectivity index (χ0n) is 14.2. The molecule has 4 rings (SSSR count). The highest BCUT2D eigenvalue weighted by molar-refractivity contribution is 5.80. The van der Waals surface area contributed by atoms with Crippen molar-refractivity contribution in [1.82, 2.24) is 19.8 Å². The molecule has 0 unspecified atom stereocenters. The number of fused-ring (bicyclic) bond motifs is 1. The molecule has 128 valence electrons. The molecule has 1 saturated heterocycles. The van der Waals surface area contributed by atoms with Gasteiger partial charge in [0, 0.05) is 50.7 Å². The van der Waals surface area contributed by atoms with E-state index in [0.717, 1.165) is 55.7 Å². The number of hydrogen-bond acceptors (Lipinski definition) is 4. The Morgan fingerprint density at radius 2 is 2.00 bits per heavy atom. The highest BCUT2D eigenvalue weighted by atomic mass is 16.2. The Morgan fingerprint density at radius 3 is 2.71 bits per heavy atom. The number of amides is 2. The van der Waals surface area contributed by atoms with E-state index in [9.17, 15) is 9.59 Å². The second kappa shape index (κ2) is 6.15. The lowest BCUT2D eigenvalue weighted by molar-refractivity contribution is -0.139. The molecular weight excluding hydrogens is 304 g/mol. The van der Waals surface area contributed by atoms with Crippen LogP contribution in [-0.2, 0) is 22.6 Å². The van der Waals surface area contributed by atoms with Gasteiger partial charge in [0.05, 0.1) is 11.7 Å². The quantitative estimate of drug-likeness (QED) is 0.831. The molecule has 0 spiro atoms. The van der Waals surface area contributed by atoms with E-state index in [1.165, 1.54) is 6.42 Å². The first-order valence-corrected chi connectivity index (χ1v) is 9.04. The van der Waals surface area contributed by atoms with Gasteiger partial charge in [-0.2, -0.15) is 0 Å². The molecular formula is C18H24N4O2. The van der Waals surface area contributed by atoms with Crippen molar-refractivity contribution in [2.24, 2.45) is 5.92 Å². The van der Waals surface area contributed by atoms with Crippen molar-refractivity contribution in [3.63, 3.8) is 0 Å². The van der Waals surface area contributed by atoms with Gasteiger partial charge in [-0.1, -0.05) is 6.42 Å². The summed E-state index contributed by atoms with van der Waals surface area (Å²) in [6.45, 7) is 3.75. The predicted molar refractivity (Wildman–Crippen MR) is 87.9 cm³/mol. The highest BCUT2D eigenvalue weighted by Gasteiger charge is 2.37. The summed E-state index contributed by atoms with van der Waals surface area (Å²) in [4.78, 5) is 37.4. The van der Waals surface area contributed by atoms with Gasteiger partial charge in [0.15, 0.2) is 5.82 Å². The molecule has 0 N–H and O–H groups in total. The molecule has 0 aromatic carbocycles. The minimum atomic E-state index is 0.0363. The van der Waals surface area contributed by atoms with Crippen LogP contribution in [-0.4, -0.2) is 44.7 Å². The second-order valence-corrected chi connectivity index (χ2v) is 7.21. The topological polar surface area (TPSA) is 66.4 Å². The fourth-order valence-corrected chi connectivity index (χ4v) is 3.95. The molecule has 6 nitrogen and oxygen atoms in total. The SMILES string of the molecule is CC(=O)N1CCc2nc([C@@H]3CCCN3C(=O)C3CCC3)ncc2C1. The Labute approximate surface area is 142 Å². The van der Waals surface area contributed by atoms with Gasteiger partial charge < -0.3 is 9.80 Å². The Balaban J connectivity index is 1.54. The van der Waals surface area contributed by atoms with Crippen molar-refractivity contribution in [2.75, 3.05) is 13.1 Å². The van der Waals surface area contributed by atoms with Crippen molar-refractivity contribution in [1.29, 1.82) is 0 Å². The van der Waals surface area contributed by atoms with E-state index in [1.807, 2.05) is 16.0 Å². The maximum atomic E-state index is 12.6. The Morgan fingerprint density at radius 1 is 1.17 bits per heavy atom. The summed E-state index contributed by atoms with van der Waals surface area (Å²) in [7, 11) is 0. The standard InChI is InChI=1S/C18H24N4O2/c1-12(23)21-9-7-15-14(11-21)10-19-17(20-15)16-6-3-8-22(16)18(24)13-4-2-5-13/h10,13,16H,2-9,11H2,1H3/t16-/m0/s1. The van der Waals surface area contributed by atoms with Gasteiger partial charge in [-0.05, 0) is 25.7 Å². The van der Waals surface area contributed by atoms with Crippen LogP contribution in [0.2, 0.25) is 0 Å². The zero-order chi connectivity index (χ0) is 16.7. The molecule has 0 bridgehead atoms. The molecule has 1 aromatic rings. The minimum Gasteiger partial charge on any atom is -0.338 e. The van der Waals surface area contributed by atoms with Crippen LogP contribution < -0.4 is 0 Å². The summed E-state index contributed by atoms with van der Waals surface area (Å²) >= 11 is 0. The number of nitrogens with zero attached hydrogens (tertiary/aromatic N) is 4. The van der Waals surface area contributed by atoms with E-state index < -0.39 is 0 Å². The van der Waals surface area contributed by atoms with Crippen molar-refractivity contribution >= 4 is 11.8 Å². The van der Waals surface area contributed by atoms with E-state index in [0.29, 0.717) is 19.0 Å². The van der Waals surface area contributed by atoms with E-state index in [4.69, 9.17) is 4.98 Å². The molecule has 2 amide bonds. The first-order valence-electron chi connectivity index (χ1n) is 9.04. The lowest BCUT2D eigenvalue weighted by atomic mass is 9.84. The lowest BCUT2D eigenvalue weighted by Crippen LogP contribution is -2.39. The van der Waals surface area contributed by atoms with Crippen molar-refractivity contribution in [2.45, 2.75) is 58.0 Å². The van der Waals surface area contributed by atoms with Crippen LogP contribution in [0.5, 0.6) is 0 Å². The average molecular weight is 328 g/mol. The number of carbonyl (C=O) groups is 2. The lowest BCUT2D eigenvalue weighted by Gasteiger charge is -2.33. The normalized spacial score (nSPS) is 23.8. The molecule has 3 heterocycles. The first kappa shape index (κ1) is 15.5. The highest BCUT2D eigenvalue weighted by Crippen LogP contribution is 2.36. The van der Waals surface area contributed by atoms with Gasteiger partial charge in [-0.3, -0.25) is 9.59 Å². The van der Waals surface area contributed by atoms with Crippen LogP contribution in [0.3, 0.4) is 0 Å². The Hall–Kier alpha value is -1.98. The second-order valence-electron chi connectivity index (χ2n) is 7.21. The Bertz CT molecular complexity index is 671. The van der Waals surface area contributed by atoms with Gasteiger partial charge in [0.25, 0.3) is 0 Å². The van der Waals surface area contributed by atoms with Crippen LogP contribution in [0.25, 0.3) is 0 Å². The Kier molecular flexibility index (Phi) is 3.98. The molecule has 3 aliphatic rings. The maximum absolute atomic E-state index is 12.6. The summed E-state index contributed by atoms with van der Waals surface area (Å²) in [6.07, 6.45) is 7.86. The molecule has 2 fully saturated rings. The van der Waals surface area contributed by atoms with Crippen molar-refractivity contribution in [3.8, 4) is 0 Å². The van der Waals surface area contributed by atoms with Gasteiger partial charge in [-0.15, -0.1) is 0 Å². The van der Waals surface area contributed by atoms with Crippen molar-refractivity contribution < 1.29 is 9.59 Å². The predicted octanol–water partition coefficient (Wildman–Crippen LogP) is 1.84. The van der Waals surface area contributed by atoms with Crippen LogP contribution in [0.4, 0.5) is 0 Å². The van der Waals surface area contributed by atoms with Crippen LogP contribution in [0.15, 0.2) is 6.20 Å². The van der Waals surface area contributed by atoms with E-state index >= 15 is 0 Å². The molecule has 1 atom stereocenters. The number of rotatable bonds is 2. The molecule has 2 aliphatic heterocycles. The fourth-order valence-electron chi connectivity index (χ4n) is 3.95. The molecule has 1 saturated carbocycles. The van der Waals surface area contributed by atoms with Crippen molar-refractivity contribution in [3.05, 3.63) is 23.3 Å². The largest absolute Gasteiger partial charge is 0.338 e. The molecule has 1 aliphatic carbocycles.